The van der Waals surface area contributed by atoms with Gasteiger partial charge in [-0.15, -0.1) is 0 Å². The molecule has 8 heteroatoms. The van der Waals surface area contributed by atoms with Crippen LogP contribution in [0.15, 0.2) is 36.4 Å². The standard InChI is InChI=1S/C22H25N3O5/c1-29-24-20(27)16-11-15(3-4-18(16)26)21(28)25-8-6-22(7-9-25)13-30-19-5-2-14(12-23)10-17(19)22/h2-5,10-11,26H,6-9,12-13,23H2,1H3,(H,24,27). The molecule has 1 spiro atoms. The summed E-state index contributed by atoms with van der Waals surface area (Å²) < 4.78 is 5.92. The minimum absolute atomic E-state index is 0.0105. The van der Waals surface area contributed by atoms with Crippen LogP contribution in [-0.4, -0.2) is 48.6 Å². The van der Waals surface area contributed by atoms with E-state index in [1.54, 1.807) is 4.90 Å². The second-order valence-electron chi connectivity index (χ2n) is 7.76. The van der Waals surface area contributed by atoms with Crippen molar-refractivity contribution in [3.05, 3.63) is 58.7 Å². The van der Waals surface area contributed by atoms with Crippen molar-refractivity contribution in [3.63, 3.8) is 0 Å². The number of carbonyl (C=O) groups is 2. The number of amides is 2. The average molecular weight is 411 g/mol. The highest BCUT2D eigenvalue weighted by atomic mass is 16.6. The fraction of sp³-hybridized carbons (Fsp3) is 0.364. The van der Waals surface area contributed by atoms with E-state index in [0.717, 1.165) is 24.2 Å². The van der Waals surface area contributed by atoms with Crippen LogP contribution in [0.5, 0.6) is 11.5 Å². The van der Waals surface area contributed by atoms with Gasteiger partial charge in [0, 0.05) is 36.2 Å². The zero-order chi connectivity index (χ0) is 21.3. The molecular formula is C22H25N3O5. The van der Waals surface area contributed by atoms with E-state index < -0.39 is 5.91 Å². The first-order valence-corrected chi connectivity index (χ1v) is 9.89. The summed E-state index contributed by atoms with van der Waals surface area (Å²) in [5.41, 5.74) is 10.4. The van der Waals surface area contributed by atoms with Gasteiger partial charge in [0.1, 0.15) is 11.5 Å². The highest BCUT2D eigenvalue weighted by molar-refractivity contribution is 6.01. The van der Waals surface area contributed by atoms with E-state index >= 15 is 0 Å². The SMILES string of the molecule is CONC(=O)c1cc(C(=O)N2CCC3(CC2)COc2ccc(CN)cc23)ccc1O. The fourth-order valence-electron chi connectivity index (χ4n) is 4.27. The number of nitrogens with zero attached hydrogens (tertiary/aromatic N) is 1. The number of rotatable bonds is 4. The smallest absolute Gasteiger partial charge is 0.278 e. The first kappa shape index (κ1) is 20.2. The summed E-state index contributed by atoms with van der Waals surface area (Å²) in [5.74, 6) is -0.0998. The topological polar surface area (TPSA) is 114 Å². The summed E-state index contributed by atoms with van der Waals surface area (Å²) in [7, 11) is 1.30. The lowest BCUT2D eigenvalue weighted by atomic mass is 9.74. The van der Waals surface area contributed by atoms with E-state index in [-0.39, 0.29) is 22.6 Å². The molecule has 2 aliphatic heterocycles. The monoisotopic (exact) mass is 411 g/mol. The van der Waals surface area contributed by atoms with Crippen molar-refractivity contribution in [1.29, 1.82) is 0 Å². The van der Waals surface area contributed by atoms with Gasteiger partial charge in [-0.1, -0.05) is 12.1 Å². The molecule has 0 saturated carbocycles. The Labute approximate surface area is 174 Å². The Hall–Kier alpha value is -3.10. The van der Waals surface area contributed by atoms with Crippen LogP contribution in [-0.2, 0) is 16.8 Å². The third-order valence-electron chi connectivity index (χ3n) is 6.05. The number of hydrogen-bond donors (Lipinski definition) is 3. The Bertz CT molecular complexity index is 983. The number of phenols is 1. The maximum Gasteiger partial charge on any atom is 0.278 e. The Morgan fingerprint density at radius 2 is 2.00 bits per heavy atom. The number of phenolic OH excluding ortho intramolecular Hbond substituents is 1. The average Bonchev–Trinajstić information content (AvgIpc) is 3.11. The molecule has 0 unspecified atom stereocenters. The summed E-state index contributed by atoms with van der Waals surface area (Å²) in [4.78, 5) is 31.4. The van der Waals surface area contributed by atoms with Crippen LogP contribution >= 0.6 is 0 Å². The molecule has 1 fully saturated rings. The van der Waals surface area contributed by atoms with E-state index in [9.17, 15) is 14.7 Å². The number of likely N-dealkylation sites (tertiary alicyclic amines) is 1. The number of nitrogens with two attached hydrogens (primary N) is 1. The molecule has 4 N–H and O–H groups in total. The van der Waals surface area contributed by atoms with Gasteiger partial charge < -0.3 is 20.5 Å². The van der Waals surface area contributed by atoms with Crippen LogP contribution in [0.4, 0.5) is 0 Å². The van der Waals surface area contributed by atoms with Crippen molar-refractivity contribution in [2.45, 2.75) is 24.8 Å². The van der Waals surface area contributed by atoms with Gasteiger partial charge in [0.2, 0.25) is 0 Å². The Kier molecular flexibility index (Phi) is 5.36. The summed E-state index contributed by atoms with van der Waals surface area (Å²) in [6.45, 7) is 2.25. The van der Waals surface area contributed by atoms with Gasteiger partial charge in [-0.3, -0.25) is 14.4 Å². The molecule has 0 radical (unpaired) electrons. The number of nitrogens with one attached hydrogen (secondary N) is 1. The van der Waals surface area contributed by atoms with Crippen molar-refractivity contribution in [1.82, 2.24) is 10.4 Å². The number of aromatic hydroxyl groups is 1. The van der Waals surface area contributed by atoms with Gasteiger partial charge in [0.25, 0.3) is 11.8 Å². The number of benzene rings is 2. The van der Waals surface area contributed by atoms with Crippen molar-refractivity contribution >= 4 is 11.8 Å². The predicted molar refractivity (Wildman–Crippen MR) is 109 cm³/mol. The minimum Gasteiger partial charge on any atom is -0.507 e. The first-order chi connectivity index (χ1) is 14.5. The van der Waals surface area contributed by atoms with E-state index in [2.05, 4.69) is 16.4 Å². The number of carbonyl (C=O) groups excluding carboxylic acids is 2. The molecule has 0 aliphatic carbocycles. The normalized spacial score (nSPS) is 16.8. The highest BCUT2D eigenvalue weighted by Crippen LogP contribution is 2.46. The fourth-order valence-corrected chi connectivity index (χ4v) is 4.27. The Morgan fingerprint density at radius 1 is 1.23 bits per heavy atom. The van der Waals surface area contributed by atoms with Crippen LogP contribution in [0.3, 0.4) is 0 Å². The van der Waals surface area contributed by atoms with Crippen molar-refractivity contribution in [2.75, 3.05) is 26.8 Å². The quantitative estimate of drug-likeness (QED) is 0.660. The van der Waals surface area contributed by atoms with Gasteiger partial charge in [-0.2, -0.15) is 0 Å². The molecule has 2 aliphatic rings. The predicted octanol–water partition coefficient (Wildman–Crippen LogP) is 1.71. The zero-order valence-electron chi connectivity index (χ0n) is 16.8. The molecule has 1 saturated heterocycles. The summed E-state index contributed by atoms with van der Waals surface area (Å²) in [6.07, 6.45) is 1.57. The lowest BCUT2D eigenvalue weighted by Crippen LogP contribution is -2.46. The summed E-state index contributed by atoms with van der Waals surface area (Å²) >= 11 is 0. The van der Waals surface area contributed by atoms with Crippen LogP contribution in [0.1, 0.15) is 44.7 Å². The van der Waals surface area contributed by atoms with E-state index in [4.69, 9.17) is 10.5 Å². The summed E-state index contributed by atoms with van der Waals surface area (Å²) in [6, 6.07) is 10.3. The van der Waals surface area contributed by atoms with E-state index in [1.807, 2.05) is 12.1 Å². The largest absolute Gasteiger partial charge is 0.507 e. The Balaban J connectivity index is 1.50. The van der Waals surface area contributed by atoms with Crippen LogP contribution in [0.25, 0.3) is 0 Å². The lowest BCUT2D eigenvalue weighted by Gasteiger charge is -2.38. The molecule has 8 nitrogen and oxygen atoms in total. The maximum absolute atomic E-state index is 13.0. The van der Waals surface area contributed by atoms with Gasteiger partial charge in [-0.25, -0.2) is 5.48 Å². The molecule has 0 bridgehead atoms. The van der Waals surface area contributed by atoms with Crippen molar-refractivity contribution in [2.24, 2.45) is 5.73 Å². The van der Waals surface area contributed by atoms with E-state index in [1.165, 1.54) is 30.9 Å². The molecule has 30 heavy (non-hydrogen) atoms. The number of hydrogen-bond acceptors (Lipinski definition) is 6. The van der Waals surface area contributed by atoms with Crippen molar-refractivity contribution in [3.8, 4) is 11.5 Å². The lowest BCUT2D eigenvalue weighted by molar-refractivity contribution is 0.0535. The molecule has 4 rings (SSSR count). The molecule has 2 aromatic carbocycles. The molecule has 2 amide bonds. The molecule has 2 aromatic rings. The molecule has 2 heterocycles. The highest BCUT2D eigenvalue weighted by Gasteiger charge is 2.44. The maximum atomic E-state index is 13.0. The number of hydroxylamine groups is 1. The van der Waals surface area contributed by atoms with Crippen LogP contribution in [0.2, 0.25) is 0 Å². The molecule has 0 aromatic heterocycles. The summed E-state index contributed by atoms with van der Waals surface area (Å²) in [5, 5.41) is 9.94. The van der Waals surface area contributed by atoms with Gasteiger partial charge in [0.15, 0.2) is 0 Å². The Morgan fingerprint density at radius 3 is 2.70 bits per heavy atom. The zero-order valence-corrected chi connectivity index (χ0v) is 16.8. The van der Waals surface area contributed by atoms with Crippen LogP contribution in [0, 0.1) is 0 Å². The first-order valence-electron chi connectivity index (χ1n) is 9.89. The molecule has 158 valence electrons. The number of ether oxygens (including phenoxy) is 1. The third kappa shape index (κ3) is 3.48. The molecular weight excluding hydrogens is 386 g/mol. The third-order valence-corrected chi connectivity index (χ3v) is 6.05. The van der Waals surface area contributed by atoms with Crippen LogP contribution < -0.4 is 16.0 Å². The van der Waals surface area contributed by atoms with Gasteiger partial charge in [0.05, 0.1) is 19.3 Å². The number of fused-ring (bicyclic) bond motifs is 2. The van der Waals surface area contributed by atoms with Crippen molar-refractivity contribution < 1.29 is 24.3 Å². The van der Waals surface area contributed by atoms with E-state index in [0.29, 0.717) is 31.8 Å². The second-order valence-corrected chi connectivity index (χ2v) is 7.76. The van der Waals surface area contributed by atoms with Gasteiger partial charge >= 0.3 is 0 Å². The van der Waals surface area contributed by atoms with Gasteiger partial charge in [-0.05, 0) is 42.7 Å². The second kappa shape index (κ2) is 7.97. The minimum atomic E-state index is -0.613. The number of piperidine rings is 1. The molecule has 0 atom stereocenters.